The average Bonchev–Trinajstić information content (AvgIpc) is 2.76. The van der Waals surface area contributed by atoms with Crippen molar-refractivity contribution in [3.63, 3.8) is 0 Å². The van der Waals surface area contributed by atoms with Gasteiger partial charge in [0.15, 0.2) is 0 Å². The van der Waals surface area contributed by atoms with Crippen molar-refractivity contribution in [3.8, 4) is 0 Å². The molecule has 0 aliphatic rings. The van der Waals surface area contributed by atoms with E-state index in [1.807, 2.05) is 0 Å². The lowest BCUT2D eigenvalue weighted by Crippen LogP contribution is -2.20. The number of benzene rings is 3. The molecule has 3 aromatic carbocycles. The highest BCUT2D eigenvalue weighted by Gasteiger charge is 2.17. The fourth-order valence-corrected chi connectivity index (χ4v) is 4.03. The standard InChI is InChI=1S/C22H20N2O8S/c1-12-6-13-9-16(4-5-18(13)19(7-12)33(28,29)30)23-22(27)24-17-10-14(20(25)31-2)8-15(11-17)21(26)32-3/h4-11H,1-3H3,(H2,23,24,27)(H,28,29,30). The Morgan fingerprint density at radius 2 is 1.39 bits per heavy atom. The highest BCUT2D eigenvalue weighted by atomic mass is 32.2. The molecule has 0 aromatic heterocycles. The van der Waals surface area contributed by atoms with Crippen molar-refractivity contribution in [2.24, 2.45) is 0 Å². The molecular formula is C22H20N2O8S. The summed E-state index contributed by atoms with van der Waals surface area (Å²) < 4.78 is 42.1. The molecule has 3 aromatic rings. The fourth-order valence-electron chi connectivity index (χ4n) is 3.23. The number of nitrogens with one attached hydrogen (secondary N) is 2. The third-order valence-corrected chi connectivity index (χ3v) is 5.52. The lowest BCUT2D eigenvalue weighted by molar-refractivity contribution is 0.0599. The molecule has 3 N–H and O–H groups in total. The minimum absolute atomic E-state index is 0.0367. The Hall–Kier alpha value is -3.96. The van der Waals surface area contributed by atoms with Gasteiger partial charge >= 0.3 is 18.0 Å². The molecule has 11 heteroatoms. The maximum Gasteiger partial charge on any atom is 0.337 e. The summed E-state index contributed by atoms with van der Waals surface area (Å²) in [6.45, 7) is 1.67. The number of ether oxygens (including phenoxy) is 2. The highest BCUT2D eigenvalue weighted by Crippen LogP contribution is 2.27. The van der Waals surface area contributed by atoms with E-state index in [9.17, 15) is 27.4 Å². The first-order valence-corrected chi connectivity index (χ1v) is 10.9. The maximum absolute atomic E-state index is 12.5. The molecule has 0 aliphatic carbocycles. The Morgan fingerprint density at radius 1 is 0.818 bits per heavy atom. The summed E-state index contributed by atoms with van der Waals surface area (Å²) in [4.78, 5) is 36.1. The quantitative estimate of drug-likeness (QED) is 0.377. The van der Waals surface area contributed by atoms with Crippen molar-refractivity contribution in [3.05, 3.63) is 65.2 Å². The van der Waals surface area contributed by atoms with E-state index in [0.717, 1.165) is 0 Å². The second-order valence-electron chi connectivity index (χ2n) is 7.04. The number of esters is 2. The van der Waals surface area contributed by atoms with Gasteiger partial charge in [0.25, 0.3) is 10.1 Å². The normalized spacial score (nSPS) is 11.0. The lowest BCUT2D eigenvalue weighted by atomic mass is 10.1. The number of amides is 2. The summed E-state index contributed by atoms with van der Waals surface area (Å²) >= 11 is 0. The van der Waals surface area contributed by atoms with Gasteiger partial charge in [-0.2, -0.15) is 8.42 Å². The molecule has 0 fully saturated rings. The molecule has 0 atom stereocenters. The Bertz CT molecular complexity index is 1350. The smallest absolute Gasteiger partial charge is 0.337 e. The second kappa shape index (κ2) is 9.27. The van der Waals surface area contributed by atoms with Crippen molar-refractivity contribution >= 4 is 50.2 Å². The van der Waals surface area contributed by atoms with Crippen molar-refractivity contribution < 1.29 is 36.8 Å². The minimum Gasteiger partial charge on any atom is -0.465 e. The van der Waals surface area contributed by atoms with Crippen molar-refractivity contribution in [2.45, 2.75) is 11.8 Å². The van der Waals surface area contributed by atoms with Crippen LogP contribution in [0.2, 0.25) is 0 Å². The van der Waals surface area contributed by atoms with E-state index >= 15 is 0 Å². The summed E-state index contributed by atoms with van der Waals surface area (Å²) in [5, 5.41) is 5.90. The van der Waals surface area contributed by atoms with E-state index in [1.54, 1.807) is 19.1 Å². The number of urea groups is 1. The minimum atomic E-state index is -4.43. The van der Waals surface area contributed by atoms with Crippen LogP contribution in [0.25, 0.3) is 10.8 Å². The van der Waals surface area contributed by atoms with Gasteiger partial charge in [-0.15, -0.1) is 0 Å². The maximum atomic E-state index is 12.5. The first-order chi connectivity index (χ1) is 15.5. The number of anilines is 2. The zero-order chi connectivity index (χ0) is 24.3. The number of rotatable bonds is 5. The molecule has 2 amide bonds. The van der Waals surface area contributed by atoms with Crippen LogP contribution in [0.3, 0.4) is 0 Å². The Balaban J connectivity index is 1.89. The van der Waals surface area contributed by atoms with E-state index in [0.29, 0.717) is 22.0 Å². The number of hydrogen-bond acceptors (Lipinski definition) is 7. The van der Waals surface area contributed by atoms with Crippen LogP contribution < -0.4 is 10.6 Å². The highest BCUT2D eigenvalue weighted by molar-refractivity contribution is 7.86. The number of methoxy groups -OCH3 is 2. The van der Waals surface area contributed by atoms with Gasteiger partial charge in [-0.1, -0.05) is 12.1 Å². The molecule has 0 spiro atoms. The molecule has 0 unspecified atom stereocenters. The van der Waals surface area contributed by atoms with Gasteiger partial charge < -0.3 is 20.1 Å². The lowest BCUT2D eigenvalue weighted by Gasteiger charge is -2.12. The van der Waals surface area contributed by atoms with Crippen molar-refractivity contribution in [1.29, 1.82) is 0 Å². The molecule has 172 valence electrons. The van der Waals surface area contributed by atoms with E-state index in [1.165, 1.54) is 50.6 Å². The predicted molar refractivity (Wildman–Crippen MR) is 120 cm³/mol. The van der Waals surface area contributed by atoms with Crippen LogP contribution in [0.5, 0.6) is 0 Å². The van der Waals surface area contributed by atoms with Gasteiger partial charge in [0, 0.05) is 16.8 Å². The molecular weight excluding hydrogens is 452 g/mol. The van der Waals surface area contributed by atoms with Crippen LogP contribution in [-0.4, -0.2) is 45.2 Å². The molecule has 0 heterocycles. The Kier molecular flexibility index (Phi) is 6.65. The van der Waals surface area contributed by atoms with Gasteiger partial charge in [-0.25, -0.2) is 14.4 Å². The van der Waals surface area contributed by atoms with Crippen LogP contribution in [0.15, 0.2) is 53.4 Å². The van der Waals surface area contributed by atoms with Gasteiger partial charge in [0.05, 0.1) is 25.3 Å². The Labute approximate surface area is 189 Å². The number of carbonyl (C=O) groups excluding carboxylic acids is 3. The topological polar surface area (TPSA) is 148 Å². The molecule has 0 saturated carbocycles. The largest absolute Gasteiger partial charge is 0.465 e. The Morgan fingerprint density at radius 3 is 1.94 bits per heavy atom. The molecule has 33 heavy (non-hydrogen) atoms. The summed E-state index contributed by atoms with van der Waals surface area (Å²) in [5.41, 5.74) is 1.15. The third-order valence-electron chi connectivity index (χ3n) is 4.63. The number of aryl methyl sites for hydroxylation is 1. The van der Waals surface area contributed by atoms with Crippen LogP contribution in [0.1, 0.15) is 26.3 Å². The summed E-state index contributed by atoms with van der Waals surface area (Å²) in [6, 6.07) is 10.8. The van der Waals surface area contributed by atoms with Gasteiger partial charge in [0.2, 0.25) is 0 Å². The first-order valence-electron chi connectivity index (χ1n) is 9.43. The van der Waals surface area contributed by atoms with Crippen LogP contribution in [0, 0.1) is 6.92 Å². The van der Waals surface area contributed by atoms with Crippen molar-refractivity contribution in [1.82, 2.24) is 0 Å². The molecule has 0 saturated heterocycles. The van der Waals surface area contributed by atoms with E-state index in [4.69, 9.17) is 0 Å². The predicted octanol–water partition coefficient (Wildman–Crippen LogP) is 3.61. The zero-order valence-electron chi connectivity index (χ0n) is 17.8. The van der Waals surface area contributed by atoms with Gasteiger partial charge in [-0.3, -0.25) is 4.55 Å². The summed E-state index contributed by atoms with van der Waals surface area (Å²) in [6.07, 6.45) is 0. The summed E-state index contributed by atoms with van der Waals surface area (Å²) in [7, 11) is -2.07. The van der Waals surface area contributed by atoms with E-state index in [-0.39, 0.29) is 21.7 Å². The molecule has 0 radical (unpaired) electrons. The second-order valence-corrected chi connectivity index (χ2v) is 8.43. The van der Waals surface area contributed by atoms with E-state index < -0.39 is 28.1 Å². The summed E-state index contributed by atoms with van der Waals surface area (Å²) in [5.74, 6) is -1.41. The van der Waals surface area contributed by atoms with Crippen molar-refractivity contribution in [2.75, 3.05) is 24.9 Å². The number of fused-ring (bicyclic) bond motifs is 1. The zero-order valence-corrected chi connectivity index (χ0v) is 18.6. The molecule has 0 bridgehead atoms. The monoisotopic (exact) mass is 472 g/mol. The third kappa shape index (κ3) is 5.45. The molecule has 0 aliphatic heterocycles. The molecule has 3 rings (SSSR count). The molecule has 10 nitrogen and oxygen atoms in total. The van der Waals surface area contributed by atoms with E-state index in [2.05, 4.69) is 20.1 Å². The van der Waals surface area contributed by atoms with Gasteiger partial charge in [-0.05, 0) is 54.3 Å². The van der Waals surface area contributed by atoms with Crippen LogP contribution in [-0.2, 0) is 19.6 Å². The first kappa shape index (κ1) is 23.7. The number of hydrogen-bond donors (Lipinski definition) is 3. The fraction of sp³-hybridized carbons (Fsp3) is 0.136. The SMILES string of the molecule is COC(=O)c1cc(NC(=O)Nc2ccc3c(S(=O)(=O)O)cc(C)cc3c2)cc(C(=O)OC)c1. The van der Waals surface area contributed by atoms with Gasteiger partial charge in [0.1, 0.15) is 4.90 Å². The number of carbonyl (C=O) groups is 3. The average molecular weight is 472 g/mol. The van der Waals surface area contributed by atoms with Crippen LogP contribution in [0.4, 0.5) is 16.2 Å². The van der Waals surface area contributed by atoms with Crippen LogP contribution >= 0.6 is 0 Å².